The van der Waals surface area contributed by atoms with Gasteiger partial charge in [0.2, 0.25) is 0 Å². The number of nitrogens with one attached hydrogen (secondary N) is 1. The summed E-state index contributed by atoms with van der Waals surface area (Å²) in [6.07, 6.45) is 4.28. The van der Waals surface area contributed by atoms with Crippen molar-refractivity contribution in [2.75, 3.05) is 0 Å². The maximum absolute atomic E-state index is 13.2. The van der Waals surface area contributed by atoms with Crippen molar-refractivity contribution in [3.05, 3.63) is 77.6 Å². The summed E-state index contributed by atoms with van der Waals surface area (Å²) >= 11 is 0. The van der Waals surface area contributed by atoms with Gasteiger partial charge in [-0.1, -0.05) is 63.2 Å². The Labute approximate surface area is 196 Å². The first-order chi connectivity index (χ1) is 15.5. The monoisotopic (exact) mass is 446 g/mol. The third-order valence-electron chi connectivity index (χ3n) is 5.59. The number of nitrogens with zero attached hydrogens (tertiary/aromatic N) is 1. The van der Waals surface area contributed by atoms with Crippen LogP contribution in [0.1, 0.15) is 64.2 Å². The molecular formula is C28H34N2O3. The molecule has 0 fully saturated rings. The predicted molar refractivity (Wildman–Crippen MR) is 132 cm³/mol. The maximum atomic E-state index is 13.2. The minimum absolute atomic E-state index is 0.0663. The van der Waals surface area contributed by atoms with Crippen LogP contribution in [0.2, 0.25) is 0 Å². The summed E-state index contributed by atoms with van der Waals surface area (Å²) in [5.41, 5.74) is 2.45. The summed E-state index contributed by atoms with van der Waals surface area (Å²) in [5, 5.41) is 5.13. The smallest absolute Gasteiger partial charge is 0.324 e. The molecule has 1 aromatic heterocycles. The number of hydrogen-bond donors (Lipinski definition) is 1. The number of hydrogen-bond acceptors (Lipinski definition) is 5. The lowest BCUT2D eigenvalue weighted by atomic mass is 9.86. The highest BCUT2D eigenvalue weighted by molar-refractivity contribution is 5.91. The van der Waals surface area contributed by atoms with Crippen molar-refractivity contribution in [3.63, 3.8) is 0 Å². The molecule has 0 aliphatic rings. The minimum Gasteiger partial charge on any atom is -0.459 e. The van der Waals surface area contributed by atoms with Gasteiger partial charge in [0.25, 0.3) is 0 Å². The van der Waals surface area contributed by atoms with E-state index in [1.54, 1.807) is 12.4 Å². The molecule has 0 aliphatic heterocycles. The van der Waals surface area contributed by atoms with E-state index < -0.39 is 23.5 Å². The minimum atomic E-state index is -0.831. The molecule has 2 atom stereocenters. The molecule has 0 spiro atoms. The standard InChI is InChI=1S/C28H34N2O3/c1-27(2,3)21-12-10-19(11-13-21)16-30-25(26(32)33-28(4,5)6)24(18-31)23-9-7-8-20-17-29-15-14-22(20)23/h7-15,17-18,24-25,30H,16H2,1-6H3. The van der Waals surface area contributed by atoms with Crippen LogP contribution in [-0.2, 0) is 26.3 Å². The molecule has 174 valence electrons. The second-order valence-corrected chi connectivity index (χ2v) is 10.4. The molecule has 5 heteroatoms. The normalized spacial score (nSPS) is 14.0. The van der Waals surface area contributed by atoms with E-state index in [0.29, 0.717) is 6.54 Å². The summed E-state index contributed by atoms with van der Waals surface area (Å²) in [6, 6.07) is 15.1. The average Bonchev–Trinajstić information content (AvgIpc) is 2.75. The Balaban J connectivity index is 1.93. The Hall–Kier alpha value is -3.05. The van der Waals surface area contributed by atoms with Gasteiger partial charge in [0.05, 0.1) is 5.92 Å². The van der Waals surface area contributed by atoms with Gasteiger partial charge in [0.15, 0.2) is 0 Å². The third-order valence-corrected chi connectivity index (χ3v) is 5.59. The Morgan fingerprint density at radius 2 is 1.73 bits per heavy atom. The Kier molecular flexibility index (Phi) is 7.33. The van der Waals surface area contributed by atoms with Crippen molar-refractivity contribution >= 4 is 23.0 Å². The summed E-state index contributed by atoms with van der Waals surface area (Å²) in [5.74, 6) is -1.16. The number of carbonyl (C=O) groups excluding carboxylic acids is 2. The highest BCUT2D eigenvalue weighted by atomic mass is 16.6. The van der Waals surface area contributed by atoms with Gasteiger partial charge in [-0.3, -0.25) is 15.1 Å². The maximum Gasteiger partial charge on any atom is 0.324 e. The van der Waals surface area contributed by atoms with Crippen molar-refractivity contribution in [1.82, 2.24) is 10.3 Å². The molecular weight excluding hydrogens is 412 g/mol. The second-order valence-electron chi connectivity index (χ2n) is 10.4. The Morgan fingerprint density at radius 1 is 1.03 bits per heavy atom. The first-order valence-electron chi connectivity index (χ1n) is 11.3. The van der Waals surface area contributed by atoms with Gasteiger partial charge in [-0.15, -0.1) is 0 Å². The quantitative estimate of drug-likeness (QED) is 0.393. The molecule has 3 aromatic rings. The van der Waals surface area contributed by atoms with E-state index in [1.165, 1.54) is 5.56 Å². The Bertz CT molecular complexity index is 1100. The molecule has 1 N–H and O–H groups in total. The van der Waals surface area contributed by atoms with Crippen LogP contribution in [0.4, 0.5) is 0 Å². The number of aldehydes is 1. The largest absolute Gasteiger partial charge is 0.459 e. The zero-order valence-corrected chi connectivity index (χ0v) is 20.4. The fourth-order valence-electron chi connectivity index (χ4n) is 3.84. The van der Waals surface area contributed by atoms with Crippen LogP contribution in [-0.4, -0.2) is 28.9 Å². The SMILES string of the molecule is CC(C)(C)OC(=O)C(NCc1ccc(C(C)(C)C)cc1)C(C=O)c1cccc2cnccc12. The molecule has 0 radical (unpaired) electrons. The number of aromatic nitrogens is 1. The summed E-state index contributed by atoms with van der Waals surface area (Å²) in [7, 11) is 0. The van der Waals surface area contributed by atoms with Crippen LogP contribution >= 0.6 is 0 Å². The second kappa shape index (κ2) is 9.84. The first kappa shape index (κ1) is 24.6. The summed E-state index contributed by atoms with van der Waals surface area (Å²) in [4.78, 5) is 29.8. The van der Waals surface area contributed by atoms with Crippen LogP contribution in [0.15, 0.2) is 60.9 Å². The molecule has 5 nitrogen and oxygen atoms in total. The number of benzene rings is 2. The van der Waals surface area contributed by atoms with Gasteiger partial charge in [-0.05, 0) is 54.3 Å². The van der Waals surface area contributed by atoms with Gasteiger partial charge >= 0.3 is 5.97 Å². The van der Waals surface area contributed by atoms with Crippen molar-refractivity contribution in [2.24, 2.45) is 0 Å². The van der Waals surface area contributed by atoms with Crippen molar-refractivity contribution in [3.8, 4) is 0 Å². The number of pyridine rings is 1. The van der Waals surface area contributed by atoms with Crippen LogP contribution in [0.5, 0.6) is 0 Å². The van der Waals surface area contributed by atoms with Crippen LogP contribution in [0.3, 0.4) is 0 Å². The molecule has 0 saturated carbocycles. The van der Waals surface area contributed by atoms with Gasteiger partial charge in [-0.2, -0.15) is 0 Å². The van der Waals surface area contributed by atoms with Gasteiger partial charge in [0.1, 0.15) is 17.9 Å². The van der Waals surface area contributed by atoms with E-state index in [2.05, 4.69) is 55.3 Å². The van der Waals surface area contributed by atoms with Crippen molar-refractivity contribution < 1.29 is 14.3 Å². The van der Waals surface area contributed by atoms with Crippen LogP contribution in [0.25, 0.3) is 10.8 Å². The van der Waals surface area contributed by atoms with E-state index >= 15 is 0 Å². The van der Waals surface area contributed by atoms with Crippen molar-refractivity contribution in [1.29, 1.82) is 0 Å². The van der Waals surface area contributed by atoms with Crippen LogP contribution in [0, 0.1) is 0 Å². The number of rotatable bonds is 7. The zero-order chi connectivity index (χ0) is 24.2. The predicted octanol–water partition coefficient (Wildman–Crippen LogP) is 5.31. The summed E-state index contributed by atoms with van der Waals surface area (Å²) < 4.78 is 5.70. The number of esters is 1. The molecule has 0 saturated heterocycles. The molecule has 2 unspecified atom stereocenters. The molecule has 0 aliphatic carbocycles. The number of carbonyl (C=O) groups is 2. The topological polar surface area (TPSA) is 68.3 Å². The van der Waals surface area contributed by atoms with Gasteiger partial charge in [-0.25, -0.2) is 0 Å². The molecule has 0 bridgehead atoms. The van der Waals surface area contributed by atoms with E-state index in [4.69, 9.17) is 4.74 Å². The third kappa shape index (κ3) is 6.26. The highest BCUT2D eigenvalue weighted by Crippen LogP contribution is 2.28. The fraction of sp³-hybridized carbons (Fsp3) is 0.393. The molecule has 3 rings (SSSR count). The van der Waals surface area contributed by atoms with E-state index in [-0.39, 0.29) is 5.41 Å². The zero-order valence-electron chi connectivity index (χ0n) is 20.4. The van der Waals surface area contributed by atoms with Crippen LogP contribution < -0.4 is 5.32 Å². The average molecular weight is 447 g/mol. The molecule has 0 amide bonds. The first-order valence-corrected chi connectivity index (χ1v) is 11.3. The van der Waals surface area contributed by atoms with E-state index in [0.717, 1.165) is 28.2 Å². The lowest BCUT2D eigenvalue weighted by molar-refractivity contribution is -0.158. The van der Waals surface area contributed by atoms with E-state index in [9.17, 15) is 9.59 Å². The summed E-state index contributed by atoms with van der Waals surface area (Å²) in [6.45, 7) is 12.4. The number of fused-ring (bicyclic) bond motifs is 1. The molecule has 1 heterocycles. The van der Waals surface area contributed by atoms with Crippen molar-refractivity contribution in [2.45, 2.75) is 71.1 Å². The molecule has 2 aromatic carbocycles. The van der Waals surface area contributed by atoms with Gasteiger partial charge in [0, 0.05) is 24.3 Å². The van der Waals surface area contributed by atoms with E-state index in [1.807, 2.05) is 45.0 Å². The fourth-order valence-corrected chi connectivity index (χ4v) is 3.84. The van der Waals surface area contributed by atoms with Gasteiger partial charge < -0.3 is 9.53 Å². The lowest BCUT2D eigenvalue weighted by Crippen LogP contribution is -2.45. The highest BCUT2D eigenvalue weighted by Gasteiger charge is 2.33. The number of ether oxygens (including phenoxy) is 1. The lowest BCUT2D eigenvalue weighted by Gasteiger charge is -2.28. The molecule has 33 heavy (non-hydrogen) atoms. The Morgan fingerprint density at radius 3 is 2.33 bits per heavy atom.